The fraction of sp³-hybridized carbons (Fsp3) is 0.389. The van der Waals surface area contributed by atoms with Crippen molar-refractivity contribution in [2.24, 2.45) is 0 Å². The second-order valence-electron chi connectivity index (χ2n) is 5.85. The summed E-state index contributed by atoms with van der Waals surface area (Å²) in [6.45, 7) is 3.52. The van der Waals surface area contributed by atoms with Gasteiger partial charge >= 0.3 is 0 Å². The molecule has 0 amide bonds. The summed E-state index contributed by atoms with van der Waals surface area (Å²) in [4.78, 5) is 2.06. The summed E-state index contributed by atoms with van der Waals surface area (Å²) in [6.07, 6.45) is 2.08. The Morgan fingerprint density at radius 2 is 2.04 bits per heavy atom. The van der Waals surface area contributed by atoms with Crippen LogP contribution < -0.4 is 10.2 Å². The van der Waals surface area contributed by atoms with Gasteiger partial charge in [-0.2, -0.15) is 5.26 Å². The SMILES string of the molecule is CN(CCC#N)c1ccc(CNCC(C)(O)c2ccco2)cc1. The number of anilines is 1. The maximum Gasteiger partial charge on any atom is 0.136 e. The number of nitrogens with zero attached hydrogens (tertiary/aromatic N) is 2. The van der Waals surface area contributed by atoms with E-state index in [1.54, 1.807) is 25.3 Å². The van der Waals surface area contributed by atoms with E-state index in [0.29, 0.717) is 25.3 Å². The molecule has 1 aromatic heterocycles. The summed E-state index contributed by atoms with van der Waals surface area (Å²) < 4.78 is 5.26. The predicted molar refractivity (Wildman–Crippen MR) is 89.9 cm³/mol. The molecule has 0 radical (unpaired) electrons. The fourth-order valence-corrected chi connectivity index (χ4v) is 2.34. The predicted octanol–water partition coefficient (Wildman–Crippen LogP) is 2.63. The standard InChI is InChI=1S/C18H23N3O2/c1-18(22,17-5-3-12-23-17)14-20-13-15-6-8-16(9-7-15)21(2)11-4-10-19/h3,5-9,12,20,22H,4,11,13-14H2,1-2H3. The van der Waals surface area contributed by atoms with E-state index in [2.05, 4.69) is 16.3 Å². The lowest BCUT2D eigenvalue weighted by Gasteiger charge is -2.21. The molecule has 0 bridgehead atoms. The molecule has 0 fully saturated rings. The fourth-order valence-electron chi connectivity index (χ4n) is 2.34. The van der Waals surface area contributed by atoms with Gasteiger partial charge in [0.1, 0.15) is 11.4 Å². The molecular formula is C18H23N3O2. The monoisotopic (exact) mass is 313 g/mol. The average molecular weight is 313 g/mol. The van der Waals surface area contributed by atoms with Crippen LogP contribution in [0.5, 0.6) is 0 Å². The van der Waals surface area contributed by atoms with Crippen LogP contribution in [0, 0.1) is 11.3 Å². The molecule has 0 aliphatic rings. The van der Waals surface area contributed by atoms with Crippen LogP contribution in [0.15, 0.2) is 47.1 Å². The smallest absolute Gasteiger partial charge is 0.136 e. The molecule has 5 nitrogen and oxygen atoms in total. The Morgan fingerprint density at radius 1 is 1.30 bits per heavy atom. The molecule has 23 heavy (non-hydrogen) atoms. The van der Waals surface area contributed by atoms with Gasteiger partial charge < -0.3 is 19.7 Å². The van der Waals surface area contributed by atoms with Gasteiger partial charge in [-0.05, 0) is 36.8 Å². The molecule has 2 aromatic rings. The quantitative estimate of drug-likeness (QED) is 0.784. The average Bonchev–Trinajstić information content (AvgIpc) is 3.08. The van der Waals surface area contributed by atoms with Gasteiger partial charge in [0, 0.05) is 32.4 Å². The van der Waals surface area contributed by atoms with Crippen molar-refractivity contribution in [2.45, 2.75) is 25.5 Å². The van der Waals surface area contributed by atoms with Crippen molar-refractivity contribution in [3.05, 3.63) is 54.0 Å². The highest BCUT2D eigenvalue weighted by Crippen LogP contribution is 2.20. The largest absolute Gasteiger partial charge is 0.466 e. The second-order valence-corrected chi connectivity index (χ2v) is 5.85. The van der Waals surface area contributed by atoms with Crippen LogP contribution in [-0.2, 0) is 12.1 Å². The van der Waals surface area contributed by atoms with E-state index in [1.165, 1.54) is 0 Å². The van der Waals surface area contributed by atoms with Crippen LogP contribution in [0.25, 0.3) is 0 Å². The summed E-state index contributed by atoms with van der Waals surface area (Å²) >= 11 is 0. The molecule has 122 valence electrons. The zero-order valence-corrected chi connectivity index (χ0v) is 13.6. The zero-order chi connectivity index (χ0) is 16.7. The van der Waals surface area contributed by atoms with Gasteiger partial charge in [-0.1, -0.05) is 12.1 Å². The first-order chi connectivity index (χ1) is 11.0. The molecule has 1 unspecified atom stereocenters. The Labute approximate surface area is 137 Å². The van der Waals surface area contributed by atoms with Gasteiger partial charge in [0.25, 0.3) is 0 Å². The van der Waals surface area contributed by atoms with Crippen LogP contribution in [0.3, 0.4) is 0 Å². The topological polar surface area (TPSA) is 72.4 Å². The molecule has 0 saturated carbocycles. The highest BCUT2D eigenvalue weighted by atomic mass is 16.4. The normalized spacial score (nSPS) is 13.3. The molecular weight excluding hydrogens is 290 g/mol. The minimum atomic E-state index is -1.03. The molecule has 5 heteroatoms. The summed E-state index contributed by atoms with van der Waals surface area (Å²) in [5.74, 6) is 0.555. The number of furan rings is 1. The van der Waals surface area contributed by atoms with Crippen LogP contribution in [0.4, 0.5) is 5.69 Å². The summed E-state index contributed by atoms with van der Waals surface area (Å²) in [5, 5.41) is 22.2. The van der Waals surface area contributed by atoms with Crippen molar-refractivity contribution in [1.29, 1.82) is 5.26 Å². The number of hydrogen-bond acceptors (Lipinski definition) is 5. The number of aliphatic hydroxyl groups is 1. The van der Waals surface area contributed by atoms with Crippen LogP contribution >= 0.6 is 0 Å². The van der Waals surface area contributed by atoms with Gasteiger partial charge in [-0.25, -0.2) is 0 Å². The summed E-state index contributed by atoms with van der Waals surface area (Å²) in [7, 11) is 1.98. The van der Waals surface area contributed by atoms with Gasteiger partial charge in [0.15, 0.2) is 0 Å². The van der Waals surface area contributed by atoms with Crippen molar-refractivity contribution in [2.75, 3.05) is 25.0 Å². The third-order valence-electron chi connectivity index (χ3n) is 3.79. The van der Waals surface area contributed by atoms with Gasteiger partial charge in [-0.15, -0.1) is 0 Å². The van der Waals surface area contributed by atoms with Gasteiger partial charge in [0.05, 0.1) is 18.8 Å². The first kappa shape index (κ1) is 17.1. The molecule has 1 heterocycles. The highest BCUT2D eigenvalue weighted by molar-refractivity contribution is 5.46. The Morgan fingerprint density at radius 3 is 2.65 bits per heavy atom. The number of hydrogen-bond donors (Lipinski definition) is 2. The molecule has 0 spiro atoms. The van der Waals surface area contributed by atoms with E-state index in [9.17, 15) is 5.11 Å². The Kier molecular flexibility index (Phi) is 5.80. The Bertz CT molecular complexity index is 627. The summed E-state index contributed by atoms with van der Waals surface area (Å²) in [5.41, 5.74) is 1.20. The molecule has 0 aliphatic carbocycles. The Hall–Kier alpha value is -2.29. The third-order valence-corrected chi connectivity index (χ3v) is 3.79. The van der Waals surface area contributed by atoms with E-state index >= 15 is 0 Å². The van der Waals surface area contributed by atoms with Crippen molar-refractivity contribution in [3.63, 3.8) is 0 Å². The van der Waals surface area contributed by atoms with Crippen LogP contribution in [0.1, 0.15) is 24.7 Å². The Balaban J connectivity index is 1.84. The number of nitrogens with one attached hydrogen (secondary N) is 1. The number of nitriles is 1. The zero-order valence-electron chi connectivity index (χ0n) is 13.6. The maximum absolute atomic E-state index is 10.4. The number of benzene rings is 1. The first-order valence-electron chi connectivity index (χ1n) is 7.67. The summed E-state index contributed by atoms with van der Waals surface area (Å²) in [6, 6.07) is 13.9. The van der Waals surface area contributed by atoms with Crippen molar-refractivity contribution in [1.82, 2.24) is 5.32 Å². The minimum absolute atomic E-state index is 0.407. The van der Waals surface area contributed by atoms with E-state index in [4.69, 9.17) is 9.68 Å². The molecule has 2 rings (SSSR count). The van der Waals surface area contributed by atoms with Crippen molar-refractivity contribution < 1.29 is 9.52 Å². The lowest BCUT2D eigenvalue weighted by molar-refractivity contribution is 0.0340. The van der Waals surface area contributed by atoms with E-state index < -0.39 is 5.60 Å². The van der Waals surface area contributed by atoms with E-state index in [-0.39, 0.29) is 0 Å². The van der Waals surface area contributed by atoms with Gasteiger partial charge in [-0.3, -0.25) is 0 Å². The van der Waals surface area contributed by atoms with Crippen molar-refractivity contribution in [3.8, 4) is 6.07 Å². The molecule has 0 aliphatic heterocycles. The van der Waals surface area contributed by atoms with Crippen LogP contribution in [-0.4, -0.2) is 25.2 Å². The molecule has 0 saturated heterocycles. The third kappa shape index (κ3) is 4.85. The minimum Gasteiger partial charge on any atom is -0.466 e. The van der Waals surface area contributed by atoms with E-state index in [0.717, 1.165) is 17.8 Å². The van der Waals surface area contributed by atoms with Crippen molar-refractivity contribution >= 4 is 5.69 Å². The second kappa shape index (κ2) is 7.82. The highest BCUT2D eigenvalue weighted by Gasteiger charge is 2.25. The molecule has 1 atom stereocenters. The maximum atomic E-state index is 10.4. The lowest BCUT2D eigenvalue weighted by Crippen LogP contribution is -2.34. The van der Waals surface area contributed by atoms with Gasteiger partial charge in [0.2, 0.25) is 0 Å². The number of rotatable bonds is 8. The molecule has 1 aromatic carbocycles. The molecule has 2 N–H and O–H groups in total. The lowest BCUT2D eigenvalue weighted by atomic mass is 10.0. The van der Waals surface area contributed by atoms with E-state index in [1.807, 2.05) is 31.3 Å². The first-order valence-corrected chi connectivity index (χ1v) is 7.67. The van der Waals surface area contributed by atoms with Crippen LogP contribution in [0.2, 0.25) is 0 Å².